The molecule has 26 heavy (non-hydrogen) atoms. The minimum atomic E-state index is 1.29. The molecule has 0 aliphatic heterocycles. The SMILES string of the molecule is c1ccc2c(c1)-c1cccc3cc(-c4cccc5ccccc45)cc-2c13. The highest BCUT2D eigenvalue weighted by molar-refractivity contribution is 6.17. The van der Waals surface area contributed by atoms with E-state index in [1.807, 2.05) is 0 Å². The smallest absolute Gasteiger partial charge is 0.00259 e. The summed E-state index contributed by atoms with van der Waals surface area (Å²) in [7, 11) is 0. The summed E-state index contributed by atoms with van der Waals surface area (Å²) in [5.74, 6) is 0. The van der Waals surface area contributed by atoms with Gasteiger partial charge in [-0.15, -0.1) is 0 Å². The molecule has 120 valence electrons. The number of fused-ring (bicyclic) bond motifs is 4. The Morgan fingerprint density at radius 3 is 1.88 bits per heavy atom. The van der Waals surface area contributed by atoms with E-state index in [0.717, 1.165) is 0 Å². The normalized spacial score (nSPS) is 11.8. The maximum absolute atomic E-state index is 2.37. The van der Waals surface area contributed by atoms with Crippen LogP contribution in [0.3, 0.4) is 0 Å². The van der Waals surface area contributed by atoms with Gasteiger partial charge in [0, 0.05) is 0 Å². The molecule has 0 fully saturated rings. The molecule has 0 amide bonds. The molecule has 1 aliphatic rings. The molecule has 5 aromatic rings. The Labute approximate surface area is 152 Å². The zero-order valence-corrected chi connectivity index (χ0v) is 14.2. The molecule has 0 bridgehead atoms. The quantitative estimate of drug-likeness (QED) is 0.297. The Morgan fingerprint density at radius 1 is 0.385 bits per heavy atom. The van der Waals surface area contributed by atoms with Crippen molar-refractivity contribution in [2.75, 3.05) is 0 Å². The predicted octanol–water partition coefficient (Wildman–Crippen LogP) is 7.31. The Hall–Kier alpha value is -3.38. The van der Waals surface area contributed by atoms with Crippen molar-refractivity contribution >= 4 is 21.5 Å². The van der Waals surface area contributed by atoms with Gasteiger partial charge >= 0.3 is 0 Å². The first-order chi connectivity index (χ1) is 12.9. The fourth-order valence-electron chi connectivity index (χ4n) is 4.45. The van der Waals surface area contributed by atoms with Gasteiger partial charge in [-0.1, -0.05) is 84.9 Å². The molecule has 0 spiro atoms. The van der Waals surface area contributed by atoms with Gasteiger partial charge in [0.25, 0.3) is 0 Å². The van der Waals surface area contributed by atoms with Crippen LogP contribution in [-0.4, -0.2) is 0 Å². The Kier molecular flexibility index (Phi) is 2.70. The van der Waals surface area contributed by atoms with Crippen molar-refractivity contribution in [3.05, 3.63) is 97.1 Å². The zero-order chi connectivity index (χ0) is 17.1. The predicted molar refractivity (Wildman–Crippen MR) is 111 cm³/mol. The molecule has 0 N–H and O–H groups in total. The van der Waals surface area contributed by atoms with Gasteiger partial charge in [-0.3, -0.25) is 0 Å². The van der Waals surface area contributed by atoms with E-state index >= 15 is 0 Å². The Balaban J connectivity index is 1.73. The van der Waals surface area contributed by atoms with Gasteiger partial charge in [-0.05, 0) is 67.1 Å². The molecule has 5 aromatic carbocycles. The average Bonchev–Trinajstić information content (AvgIpc) is 3.03. The van der Waals surface area contributed by atoms with Crippen molar-refractivity contribution in [3.63, 3.8) is 0 Å². The molecule has 0 unspecified atom stereocenters. The zero-order valence-electron chi connectivity index (χ0n) is 14.2. The van der Waals surface area contributed by atoms with Crippen LogP contribution in [0.5, 0.6) is 0 Å². The standard InChI is InChI=1S/C26H16/c1-2-10-20-17(7-1)8-5-13-21(20)19-15-18-9-6-14-24-22-11-3-4-12-23(22)25(16-19)26(18)24/h1-16H. The molecule has 0 saturated carbocycles. The summed E-state index contributed by atoms with van der Waals surface area (Å²) in [6.45, 7) is 0. The van der Waals surface area contributed by atoms with E-state index in [4.69, 9.17) is 0 Å². The highest BCUT2D eigenvalue weighted by Crippen LogP contribution is 2.48. The van der Waals surface area contributed by atoms with E-state index < -0.39 is 0 Å². The van der Waals surface area contributed by atoms with Gasteiger partial charge in [0.05, 0.1) is 0 Å². The first-order valence-corrected chi connectivity index (χ1v) is 9.05. The van der Waals surface area contributed by atoms with Crippen LogP contribution in [0.2, 0.25) is 0 Å². The van der Waals surface area contributed by atoms with Crippen LogP contribution in [0.4, 0.5) is 0 Å². The Morgan fingerprint density at radius 2 is 1.00 bits per heavy atom. The second-order valence-electron chi connectivity index (χ2n) is 7.00. The molecule has 6 rings (SSSR count). The summed E-state index contributed by atoms with van der Waals surface area (Å²) in [5.41, 5.74) is 8.01. The Bertz CT molecular complexity index is 1320. The van der Waals surface area contributed by atoms with Crippen molar-refractivity contribution in [1.29, 1.82) is 0 Å². The van der Waals surface area contributed by atoms with Crippen LogP contribution in [0.15, 0.2) is 97.1 Å². The molecular weight excluding hydrogens is 312 g/mol. The van der Waals surface area contributed by atoms with Crippen LogP contribution in [0.1, 0.15) is 0 Å². The first-order valence-electron chi connectivity index (χ1n) is 9.05. The lowest BCUT2D eigenvalue weighted by Gasteiger charge is -2.10. The van der Waals surface area contributed by atoms with Crippen LogP contribution >= 0.6 is 0 Å². The first kappa shape index (κ1) is 13.9. The fraction of sp³-hybridized carbons (Fsp3) is 0. The van der Waals surface area contributed by atoms with Gasteiger partial charge in [0.2, 0.25) is 0 Å². The maximum Gasteiger partial charge on any atom is -0.00259 e. The lowest BCUT2D eigenvalue weighted by Crippen LogP contribution is -1.84. The second kappa shape index (κ2) is 5.06. The molecule has 0 saturated heterocycles. The van der Waals surface area contributed by atoms with E-state index in [1.54, 1.807) is 0 Å². The highest BCUT2D eigenvalue weighted by Gasteiger charge is 2.21. The van der Waals surface area contributed by atoms with Crippen molar-refractivity contribution in [2.24, 2.45) is 0 Å². The molecule has 0 radical (unpaired) electrons. The minimum Gasteiger partial charge on any atom is -0.0616 e. The van der Waals surface area contributed by atoms with E-state index in [2.05, 4.69) is 97.1 Å². The number of benzene rings is 5. The van der Waals surface area contributed by atoms with Crippen molar-refractivity contribution in [1.82, 2.24) is 0 Å². The minimum absolute atomic E-state index is 1.29. The van der Waals surface area contributed by atoms with Gasteiger partial charge in [-0.25, -0.2) is 0 Å². The summed E-state index contributed by atoms with van der Waals surface area (Å²) in [6, 6.07) is 35.4. The van der Waals surface area contributed by atoms with Gasteiger partial charge in [-0.2, -0.15) is 0 Å². The van der Waals surface area contributed by atoms with E-state index in [0.29, 0.717) is 0 Å². The monoisotopic (exact) mass is 328 g/mol. The van der Waals surface area contributed by atoms with Crippen LogP contribution in [0.25, 0.3) is 54.9 Å². The molecular formula is C26H16. The van der Waals surface area contributed by atoms with Crippen molar-refractivity contribution in [3.8, 4) is 33.4 Å². The van der Waals surface area contributed by atoms with Crippen molar-refractivity contribution in [2.45, 2.75) is 0 Å². The van der Waals surface area contributed by atoms with Gasteiger partial charge in [0.1, 0.15) is 0 Å². The van der Waals surface area contributed by atoms with Gasteiger partial charge < -0.3 is 0 Å². The lowest BCUT2D eigenvalue weighted by atomic mass is 9.93. The van der Waals surface area contributed by atoms with E-state index in [-0.39, 0.29) is 0 Å². The molecule has 0 atom stereocenters. The fourth-order valence-corrected chi connectivity index (χ4v) is 4.45. The largest absolute Gasteiger partial charge is 0.0616 e. The molecule has 0 heteroatoms. The summed E-state index contributed by atoms with van der Waals surface area (Å²) < 4.78 is 0. The van der Waals surface area contributed by atoms with E-state index in [1.165, 1.54) is 54.9 Å². The maximum atomic E-state index is 2.37. The van der Waals surface area contributed by atoms with Crippen LogP contribution in [-0.2, 0) is 0 Å². The highest BCUT2D eigenvalue weighted by atomic mass is 14.2. The van der Waals surface area contributed by atoms with Gasteiger partial charge in [0.15, 0.2) is 0 Å². The van der Waals surface area contributed by atoms with Crippen molar-refractivity contribution < 1.29 is 0 Å². The van der Waals surface area contributed by atoms with E-state index in [9.17, 15) is 0 Å². The third-order valence-electron chi connectivity index (χ3n) is 5.58. The third kappa shape index (κ3) is 1.79. The van der Waals surface area contributed by atoms with Crippen LogP contribution < -0.4 is 0 Å². The molecule has 0 nitrogen and oxygen atoms in total. The summed E-state index contributed by atoms with van der Waals surface area (Å²) in [6.07, 6.45) is 0. The molecule has 1 aliphatic carbocycles. The summed E-state index contributed by atoms with van der Waals surface area (Å²) in [5, 5.41) is 5.30. The number of hydrogen-bond donors (Lipinski definition) is 0. The summed E-state index contributed by atoms with van der Waals surface area (Å²) in [4.78, 5) is 0. The third-order valence-corrected chi connectivity index (χ3v) is 5.58. The topological polar surface area (TPSA) is 0 Å². The molecule has 0 heterocycles. The average molecular weight is 328 g/mol. The van der Waals surface area contributed by atoms with Crippen LogP contribution in [0, 0.1) is 0 Å². The lowest BCUT2D eigenvalue weighted by molar-refractivity contribution is 1.67. The number of rotatable bonds is 1. The molecule has 0 aromatic heterocycles. The summed E-state index contributed by atoms with van der Waals surface area (Å²) >= 11 is 0. The second-order valence-corrected chi connectivity index (χ2v) is 7.00. The number of hydrogen-bond acceptors (Lipinski definition) is 0.